The Morgan fingerprint density at radius 1 is 1.22 bits per heavy atom. The number of nitrogens with one attached hydrogen (secondary N) is 2. The van der Waals surface area contributed by atoms with Crippen LogP contribution in [-0.4, -0.2) is 11.5 Å². The van der Waals surface area contributed by atoms with E-state index in [0.29, 0.717) is 0 Å². The summed E-state index contributed by atoms with van der Waals surface area (Å²) in [7, 11) is 0. The Bertz CT molecular complexity index is 551. The summed E-state index contributed by atoms with van der Waals surface area (Å²) >= 11 is 0. The maximum absolute atomic E-state index is 3.53. The molecule has 0 bridgehead atoms. The minimum Gasteiger partial charge on any atom is -0.361 e. The molecular formula is C16H20N2. The van der Waals surface area contributed by atoms with Crippen molar-refractivity contribution in [3.8, 4) is 0 Å². The van der Waals surface area contributed by atoms with E-state index in [0.717, 1.165) is 13.1 Å². The maximum atomic E-state index is 3.53. The van der Waals surface area contributed by atoms with E-state index in [-0.39, 0.29) is 0 Å². The molecule has 0 radical (unpaired) electrons. The molecule has 1 heterocycles. The third kappa shape index (κ3) is 2.65. The second-order valence-electron chi connectivity index (χ2n) is 5.08. The maximum Gasteiger partial charge on any atom is 0.0454 e. The zero-order chi connectivity index (χ0) is 12.2. The number of aromatic amines is 1. The van der Waals surface area contributed by atoms with Crippen molar-refractivity contribution >= 4 is 10.9 Å². The summed E-state index contributed by atoms with van der Waals surface area (Å²) < 4.78 is 0. The molecule has 0 aliphatic heterocycles. The summed E-state index contributed by atoms with van der Waals surface area (Å²) in [6.45, 7) is 2.06. The molecule has 0 spiro atoms. The molecule has 1 aromatic carbocycles. The SMILES string of the molecule is C1=C(CCNCc2ccc3[nH]ccc3c2)CCC1. The summed E-state index contributed by atoms with van der Waals surface area (Å²) in [5.41, 5.74) is 4.22. The van der Waals surface area contributed by atoms with E-state index in [1.54, 1.807) is 5.57 Å². The predicted molar refractivity (Wildman–Crippen MR) is 76.6 cm³/mol. The molecular weight excluding hydrogens is 220 g/mol. The van der Waals surface area contributed by atoms with Crippen molar-refractivity contribution in [2.75, 3.05) is 6.54 Å². The molecule has 2 heteroatoms. The molecule has 2 aromatic rings. The number of benzene rings is 1. The summed E-state index contributed by atoms with van der Waals surface area (Å²) in [4.78, 5) is 3.22. The molecule has 18 heavy (non-hydrogen) atoms. The quantitative estimate of drug-likeness (QED) is 0.604. The first kappa shape index (κ1) is 11.5. The van der Waals surface area contributed by atoms with Crippen LogP contribution in [0, 0.1) is 0 Å². The lowest BCUT2D eigenvalue weighted by Gasteiger charge is -2.06. The smallest absolute Gasteiger partial charge is 0.0454 e. The average Bonchev–Trinajstić information content (AvgIpc) is 3.05. The zero-order valence-corrected chi connectivity index (χ0v) is 10.7. The highest BCUT2D eigenvalue weighted by atomic mass is 14.8. The van der Waals surface area contributed by atoms with Gasteiger partial charge in [-0.1, -0.05) is 17.7 Å². The van der Waals surface area contributed by atoms with Gasteiger partial charge in [-0.15, -0.1) is 0 Å². The van der Waals surface area contributed by atoms with Crippen molar-refractivity contribution < 1.29 is 0 Å². The number of allylic oxidation sites excluding steroid dienone is 1. The summed E-state index contributed by atoms with van der Waals surface area (Å²) in [5.74, 6) is 0. The van der Waals surface area contributed by atoms with Crippen LogP contribution in [0.15, 0.2) is 42.1 Å². The topological polar surface area (TPSA) is 27.8 Å². The van der Waals surface area contributed by atoms with Gasteiger partial charge in [0.05, 0.1) is 0 Å². The van der Waals surface area contributed by atoms with E-state index in [1.165, 1.54) is 42.1 Å². The summed E-state index contributed by atoms with van der Waals surface area (Å²) in [6.07, 6.45) is 9.59. The third-order valence-electron chi connectivity index (χ3n) is 3.70. The molecule has 0 atom stereocenters. The molecule has 0 fully saturated rings. The van der Waals surface area contributed by atoms with Gasteiger partial charge in [0.2, 0.25) is 0 Å². The molecule has 1 aliphatic carbocycles. The molecule has 1 aromatic heterocycles. The first-order valence-corrected chi connectivity index (χ1v) is 6.86. The lowest BCUT2D eigenvalue weighted by Crippen LogP contribution is -2.14. The van der Waals surface area contributed by atoms with Crippen molar-refractivity contribution in [3.63, 3.8) is 0 Å². The second-order valence-corrected chi connectivity index (χ2v) is 5.08. The number of hydrogen-bond donors (Lipinski definition) is 2. The third-order valence-corrected chi connectivity index (χ3v) is 3.70. The monoisotopic (exact) mass is 240 g/mol. The van der Waals surface area contributed by atoms with Gasteiger partial charge >= 0.3 is 0 Å². The summed E-state index contributed by atoms with van der Waals surface area (Å²) in [5, 5.41) is 4.83. The van der Waals surface area contributed by atoms with Gasteiger partial charge < -0.3 is 10.3 Å². The molecule has 3 rings (SSSR count). The first-order valence-electron chi connectivity index (χ1n) is 6.86. The van der Waals surface area contributed by atoms with Gasteiger partial charge in [0.15, 0.2) is 0 Å². The van der Waals surface area contributed by atoms with Crippen molar-refractivity contribution in [2.24, 2.45) is 0 Å². The molecule has 0 unspecified atom stereocenters. The molecule has 2 nitrogen and oxygen atoms in total. The van der Waals surface area contributed by atoms with Crippen molar-refractivity contribution in [1.82, 2.24) is 10.3 Å². The normalized spacial score (nSPS) is 15.2. The standard InChI is InChI=1S/C16H20N2/c1-2-4-13(3-1)7-9-17-12-14-5-6-16-15(11-14)8-10-18-16/h3,5-6,8,10-11,17-18H,1-2,4,7,9,12H2. The molecule has 2 N–H and O–H groups in total. The Morgan fingerprint density at radius 2 is 2.22 bits per heavy atom. The predicted octanol–water partition coefficient (Wildman–Crippen LogP) is 3.76. The Labute approximate surface area is 108 Å². The highest BCUT2D eigenvalue weighted by Crippen LogP contribution is 2.20. The number of hydrogen-bond acceptors (Lipinski definition) is 1. The van der Waals surface area contributed by atoms with Crippen LogP contribution >= 0.6 is 0 Å². The minimum absolute atomic E-state index is 0.967. The number of fused-ring (bicyclic) bond motifs is 1. The minimum atomic E-state index is 0.967. The van der Waals surface area contributed by atoms with Crippen LogP contribution in [0.1, 0.15) is 31.2 Å². The van der Waals surface area contributed by atoms with E-state index < -0.39 is 0 Å². The van der Waals surface area contributed by atoms with Crippen LogP contribution in [0.4, 0.5) is 0 Å². The lowest BCUT2D eigenvalue weighted by molar-refractivity contribution is 0.676. The van der Waals surface area contributed by atoms with E-state index in [9.17, 15) is 0 Å². The zero-order valence-electron chi connectivity index (χ0n) is 10.7. The van der Waals surface area contributed by atoms with Crippen LogP contribution < -0.4 is 5.32 Å². The van der Waals surface area contributed by atoms with Gasteiger partial charge in [-0.25, -0.2) is 0 Å². The van der Waals surface area contributed by atoms with E-state index in [1.807, 2.05) is 6.20 Å². The number of aromatic nitrogens is 1. The Morgan fingerprint density at radius 3 is 3.11 bits per heavy atom. The first-order chi connectivity index (χ1) is 8.92. The van der Waals surface area contributed by atoms with Gasteiger partial charge in [-0.2, -0.15) is 0 Å². The highest BCUT2D eigenvalue weighted by molar-refractivity contribution is 5.79. The van der Waals surface area contributed by atoms with Crippen molar-refractivity contribution in [2.45, 2.75) is 32.2 Å². The molecule has 0 saturated heterocycles. The van der Waals surface area contributed by atoms with E-state index in [4.69, 9.17) is 0 Å². The van der Waals surface area contributed by atoms with Crippen LogP contribution in [0.3, 0.4) is 0 Å². The fourth-order valence-corrected chi connectivity index (χ4v) is 2.66. The van der Waals surface area contributed by atoms with E-state index >= 15 is 0 Å². The fourth-order valence-electron chi connectivity index (χ4n) is 2.66. The second kappa shape index (κ2) is 5.40. The van der Waals surface area contributed by atoms with Gasteiger partial charge in [0.25, 0.3) is 0 Å². The van der Waals surface area contributed by atoms with E-state index in [2.05, 4.69) is 40.6 Å². The van der Waals surface area contributed by atoms with Crippen LogP contribution in [0.25, 0.3) is 10.9 Å². The van der Waals surface area contributed by atoms with Crippen LogP contribution in [0.2, 0.25) is 0 Å². The van der Waals surface area contributed by atoms with Crippen molar-refractivity contribution in [1.29, 1.82) is 0 Å². The Balaban J connectivity index is 1.50. The lowest BCUT2D eigenvalue weighted by atomic mass is 10.1. The van der Waals surface area contributed by atoms with Gasteiger partial charge in [-0.05, 0) is 61.4 Å². The van der Waals surface area contributed by atoms with Gasteiger partial charge in [0.1, 0.15) is 0 Å². The highest BCUT2D eigenvalue weighted by Gasteiger charge is 2.03. The van der Waals surface area contributed by atoms with Gasteiger partial charge in [-0.3, -0.25) is 0 Å². The fraction of sp³-hybridized carbons (Fsp3) is 0.375. The largest absolute Gasteiger partial charge is 0.361 e. The van der Waals surface area contributed by atoms with Gasteiger partial charge in [0, 0.05) is 18.3 Å². The Kier molecular flexibility index (Phi) is 3.47. The molecule has 1 aliphatic rings. The number of H-pyrrole nitrogens is 1. The van der Waals surface area contributed by atoms with Crippen LogP contribution in [0.5, 0.6) is 0 Å². The van der Waals surface area contributed by atoms with Crippen molar-refractivity contribution in [3.05, 3.63) is 47.7 Å². The molecule has 0 amide bonds. The molecule has 0 saturated carbocycles. The van der Waals surface area contributed by atoms with Crippen LogP contribution in [-0.2, 0) is 6.54 Å². The number of rotatable bonds is 5. The Hall–Kier alpha value is -1.54. The average molecular weight is 240 g/mol. The summed E-state index contributed by atoms with van der Waals surface area (Å²) in [6, 6.07) is 8.74. The molecule has 94 valence electrons.